The average Bonchev–Trinajstić information content (AvgIpc) is 2.75. The van der Waals surface area contributed by atoms with Gasteiger partial charge in [-0.05, 0) is 27.7 Å². The third kappa shape index (κ3) is 22.9. The molecular weight excluding hydrogens is 424 g/mol. The first-order chi connectivity index (χ1) is 15.1. The number of hydrogen-bond donors (Lipinski definition) is 2. The van der Waals surface area contributed by atoms with Crippen LogP contribution in [0.3, 0.4) is 0 Å². The lowest BCUT2D eigenvalue weighted by atomic mass is 10.3. The second-order valence-corrected chi connectivity index (χ2v) is 6.80. The van der Waals surface area contributed by atoms with Crippen LogP contribution in [0.4, 0.5) is 0 Å². The summed E-state index contributed by atoms with van der Waals surface area (Å²) in [5, 5.41) is 16.7. The van der Waals surface area contributed by atoms with E-state index >= 15 is 0 Å². The molecule has 10 nitrogen and oxygen atoms in total. The first-order valence-corrected chi connectivity index (χ1v) is 10.4. The summed E-state index contributed by atoms with van der Waals surface area (Å²) < 4.78 is 30.4. The fourth-order valence-corrected chi connectivity index (χ4v) is 1.65. The number of rotatable bonds is 18. The summed E-state index contributed by atoms with van der Waals surface area (Å²) in [6, 6.07) is 0. The minimum absolute atomic E-state index is 0.0413. The third-order valence-corrected chi connectivity index (χ3v) is 3.28. The Balaban J connectivity index is 0. The molecule has 2 atom stereocenters. The van der Waals surface area contributed by atoms with Gasteiger partial charge in [-0.2, -0.15) is 0 Å². The van der Waals surface area contributed by atoms with E-state index in [9.17, 15) is 9.59 Å². The molecule has 0 bridgehead atoms. The van der Waals surface area contributed by atoms with Crippen LogP contribution in [-0.4, -0.2) is 100 Å². The van der Waals surface area contributed by atoms with E-state index < -0.39 is 11.9 Å². The molecule has 0 aliphatic carbocycles. The van der Waals surface area contributed by atoms with Crippen LogP contribution in [0.2, 0.25) is 0 Å². The van der Waals surface area contributed by atoms with Crippen LogP contribution in [0.25, 0.3) is 0 Å². The van der Waals surface area contributed by atoms with Crippen LogP contribution >= 0.6 is 0 Å². The van der Waals surface area contributed by atoms with Gasteiger partial charge in [0, 0.05) is 11.1 Å². The van der Waals surface area contributed by atoms with Gasteiger partial charge in [0.1, 0.15) is 12.7 Å². The van der Waals surface area contributed by atoms with E-state index in [2.05, 4.69) is 13.2 Å². The number of carbonyl (C=O) groups is 2. The van der Waals surface area contributed by atoms with Gasteiger partial charge in [0.2, 0.25) is 0 Å². The molecule has 0 heterocycles. The van der Waals surface area contributed by atoms with Crippen LogP contribution in [-0.2, 0) is 38.0 Å². The number of aliphatic hydroxyl groups is 2. The van der Waals surface area contributed by atoms with Crippen LogP contribution < -0.4 is 0 Å². The van der Waals surface area contributed by atoms with E-state index in [0.29, 0.717) is 50.8 Å². The van der Waals surface area contributed by atoms with Crippen molar-refractivity contribution in [2.45, 2.75) is 39.9 Å². The highest BCUT2D eigenvalue weighted by Gasteiger charge is 2.13. The van der Waals surface area contributed by atoms with Crippen molar-refractivity contribution in [2.24, 2.45) is 0 Å². The van der Waals surface area contributed by atoms with Gasteiger partial charge in [-0.25, -0.2) is 9.59 Å². The topological polar surface area (TPSA) is 130 Å². The van der Waals surface area contributed by atoms with E-state index in [-0.39, 0.29) is 38.6 Å². The SMILES string of the molecule is C=C(C)C(=O)OCC(C)OCC(C)OC(=O)C(=C)C.OCCOCCOCCOCCO. The summed E-state index contributed by atoms with van der Waals surface area (Å²) in [6.45, 7) is 16.7. The lowest BCUT2D eigenvalue weighted by molar-refractivity contribution is -0.149. The highest BCUT2D eigenvalue weighted by molar-refractivity contribution is 5.87. The van der Waals surface area contributed by atoms with Gasteiger partial charge in [-0.3, -0.25) is 0 Å². The Labute approximate surface area is 191 Å². The summed E-state index contributed by atoms with van der Waals surface area (Å²) in [7, 11) is 0. The van der Waals surface area contributed by atoms with E-state index in [1.807, 2.05) is 0 Å². The van der Waals surface area contributed by atoms with Crippen molar-refractivity contribution in [3.63, 3.8) is 0 Å². The lowest BCUT2D eigenvalue weighted by Gasteiger charge is -2.17. The Morgan fingerprint density at radius 1 is 0.719 bits per heavy atom. The van der Waals surface area contributed by atoms with Gasteiger partial charge in [-0.1, -0.05) is 13.2 Å². The average molecular weight is 465 g/mol. The fraction of sp³-hybridized carbons (Fsp3) is 0.727. The zero-order valence-electron chi connectivity index (χ0n) is 19.8. The smallest absolute Gasteiger partial charge is 0.333 e. The van der Waals surface area contributed by atoms with Gasteiger partial charge >= 0.3 is 11.9 Å². The van der Waals surface area contributed by atoms with Crippen LogP contribution in [0.5, 0.6) is 0 Å². The number of aliphatic hydroxyl groups excluding tert-OH is 2. The molecular formula is C22H40O10. The number of esters is 2. The van der Waals surface area contributed by atoms with Gasteiger partial charge in [0.15, 0.2) is 0 Å². The molecule has 0 aromatic heterocycles. The molecule has 0 aromatic rings. The second kappa shape index (κ2) is 22.4. The fourth-order valence-electron chi connectivity index (χ4n) is 1.65. The van der Waals surface area contributed by atoms with Crippen LogP contribution in [0.15, 0.2) is 24.3 Å². The highest BCUT2D eigenvalue weighted by atomic mass is 16.6. The first kappa shape index (κ1) is 32.4. The van der Waals surface area contributed by atoms with Crippen molar-refractivity contribution < 1.29 is 48.2 Å². The minimum Gasteiger partial charge on any atom is -0.460 e. The number of hydrogen-bond acceptors (Lipinski definition) is 10. The Morgan fingerprint density at radius 2 is 1.16 bits per heavy atom. The predicted molar refractivity (Wildman–Crippen MR) is 118 cm³/mol. The standard InChI is InChI=1S/C14H22O5.C8H18O5/c1-9(2)13(15)18-7-11(5)17-8-12(6)19-14(16)10(3)4;9-1-3-11-5-7-13-8-6-12-4-2-10/h11-12H,1,3,7-8H2,2,4-6H3;9-10H,1-8H2. The largest absolute Gasteiger partial charge is 0.460 e. The van der Waals surface area contributed by atoms with Crippen LogP contribution in [0, 0.1) is 0 Å². The van der Waals surface area contributed by atoms with Crippen molar-refractivity contribution in [1.82, 2.24) is 0 Å². The van der Waals surface area contributed by atoms with Crippen molar-refractivity contribution in [2.75, 3.05) is 66.1 Å². The molecule has 10 heteroatoms. The maximum absolute atomic E-state index is 11.2. The van der Waals surface area contributed by atoms with Crippen molar-refractivity contribution in [3.05, 3.63) is 24.3 Å². The molecule has 0 amide bonds. The van der Waals surface area contributed by atoms with Crippen molar-refractivity contribution in [3.8, 4) is 0 Å². The molecule has 0 radical (unpaired) electrons. The van der Waals surface area contributed by atoms with Gasteiger partial charge < -0.3 is 38.6 Å². The molecule has 188 valence electrons. The number of ether oxygens (including phenoxy) is 6. The van der Waals surface area contributed by atoms with Gasteiger partial charge in [-0.15, -0.1) is 0 Å². The zero-order chi connectivity index (χ0) is 24.8. The van der Waals surface area contributed by atoms with E-state index in [4.69, 9.17) is 38.6 Å². The Hall–Kier alpha value is -1.82. The molecule has 0 spiro atoms. The first-order valence-electron chi connectivity index (χ1n) is 10.4. The van der Waals surface area contributed by atoms with E-state index in [1.54, 1.807) is 27.7 Å². The predicted octanol–water partition coefficient (Wildman–Crippen LogP) is 1.04. The normalized spacial score (nSPS) is 12.2. The molecule has 0 aliphatic rings. The summed E-state index contributed by atoms with van der Waals surface area (Å²) in [4.78, 5) is 22.4. The maximum Gasteiger partial charge on any atom is 0.333 e. The van der Waals surface area contributed by atoms with Crippen LogP contribution in [0.1, 0.15) is 27.7 Å². The molecule has 0 saturated carbocycles. The number of carbonyl (C=O) groups excluding carboxylic acids is 2. The Kier molecular flexibility index (Phi) is 22.6. The molecule has 0 rings (SSSR count). The Morgan fingerprint density at radius 3 is 1.56 bits per heavy atom. The maximum atomic E-state index is 11.2. The lowest BCUT2D eigenvalue weighted by Crippen LogP contribution is -2.26. The quantitative estimate of drug-likeness (QED) is 0.172. The summed E-state index contributed by atoms with van der Waals surface area (Å²) in [5.74, 6) is -0.894. The third-order valence-electron chi connectivity index (χ3n) is 3.28. The molecule has 0 aliphatic heterocycles. The molecule has 0 fully saturated rings. The van der Waals surface area contributed by atoms with E-state index in [1.165, 1.54) is 0 Å². The highest BCUT2D eigenvalue weighted by Crippen LogP contribution is 2.02. The second-order valence-electron chi connectivity index (χ2n) is 6.80. The van der Waals surface area contributed by atoms with Gasteiger partial charge in [0.05, 0.1) is 65.6 Å². The zero-order valence-corrected chi connectivity index (χ0v) is 19.8. The van der Waals surface area contributed by atoms with Crippen molar-refractivity contribution in [1.29, 1.82) is 0 Å². The summed E-state index contributed by atoms with van der Waals surface area (Å²) >= 11 is 0. The molecule has 0 saturated heterocycles. The monoisotopic (exact) mass is 464 g/mol. The molecule has 2 unspecified atom stereocenters. The summed E-state index contributed by atoms with van der Waals surface area (Å²) in [5.41, 5.74) is 0.686. The molecule has 2 N–H and O–H groups in total. The molecule has 0 aromatic carbocycles. The van der Waals surface area contributed by atoms with E-state index in [0.717, 1.165) is 0 Å². The van der Waals surface area contributed by atoms with Crippen molar-refractivity contribution >= 4 is 11.9 Å². The summed E-state index contributed by atoms with van der Waals surface area (Å²) in [6.07, 6.45) is -0.669. The Bertz CT molecular complexity index is 511. The minimum atomic E-state index is -0.447. The molecule has 32 heavy (non-hydrogen) atoms. The van der Waals surface area contributed by atoms with Gasteiger partial charge in [0.25, 0.3) is 0 Å².